The van der Waals surface area contributed by atoms with Crippen molar-refractivity contribution in [2.24, 2.45) is 0 Å². The van der Waals surface area contributed by atoms with Gasteiger partial charge in [-0.25, -0.2) is 4.98 Å². The van der Waals surface area contributed by atoms with E-state index in [4.69, 9.17) is 33.2 Å². The van der Waals surface area contributed by atoms with Crippen LogP contribution in [0.5, 0.6) is 5.75 Å². The zero-order valence-electron chi connectivity index (χ0n) is 13.7. The van der Waals surface area contributed by atoms with Crippen LogP contribution in [-0.4, -0.2) is 12.1 Å². The summed E-state index contributed by atoms with van der Waals surface area (Å²) in [5, 5.41) is 9.77. The summed E-state index contributed by atoms with van der Waals surface area (Å²) in [6.07, 6.45) is 0. The van der Waals surface area contributed by atoms with Crippen LogP contribution in [0.2, 0.25) is 10.2 Å². The number of methoxy groups -OCH3 is 1. The first-order valence-electron chi connectivity index (χ1n) is 7.54. The van der Waals surface area contributed by atoms with Gasteiger partial charge in [-0.1, -0.05) is 35.3 Å². The Balaban J connectivity index is 1.72. The number of benzene rings is 2. The zero-order chi connectivity index (χ0) is 18.5. The Hall–Kier alpha value is -2.39. The predicted molar refractivity (Wildman–Crippen MR) is 107 cm³/mol. The van der Waals surface area contributed by atoms with Gasteiger partial charge in [0.1, 0.15) is 17.0 Å². The molecule has 4 nitrogen and oxygen atoms in total. The summed E-state index contributed by atoms with van der Waals surface area (Å²) in [5.74, 6) is 0.748. The maximum atomic E-state index is 8.92. The first kappa shape index (κ1) is 18.4. The molecule has 3 rings (SSSR count). The average molecular weight is 402 g/mol. The van der Waals surface area contributed by atoms with Crippen LogP contribution in [-0.2, 0) is 0 Å². The van der Waals surface area contributed by atoms with E-state index in [0.717, 1.165) is 21.9 Å². The van der Waals surface area contributed by atoms with Crippen molar-refractivity contribution in [1.29, 1.82) is 5.26 Å². The molecule has 0 fully saturated rings. The molecule has 0 aliphatic rings. The van der Waals surface area contributed by atoms with Gasteiger partial charge in [0.15, 0.2) is 0 Å². The van der Waals surface area contributed by atoms with E-state index in [1.807, 2.05) is 42.5 Å². The Morgan fingerprint density at radius 3 is 2.50 bits per heavy atom. The van der Waals surface area contributed by atoms with E-state index < -0.39 is 0 Å². The lowest BCUT2D eigenvalue weighted by molar-refractivity contribution is 0.413. The highest BCUT2D eigenvalue weighted by Gasteiger charge is 2.06. The van der Waals surface area contributed by atoms with E-state index in [-0.39, 0.29) is 5.15 Å². The Morgan fingerprint density at radius 1 is 1.08 bits per heavy atom. The van der Waals surface area contributed by atoms with Gasteiger partial charge in [-0.3, -0.25) is 0 Å². The van der Waals surface area contributed by atoms with Gasteiger partial charge in [0.05, 0.1) is 28.3 Å². The van der Waals surface area contributed by atoms with Gasteiger partial charge in [-0.2, -0.15) is 5.26 Å². The number of nitriles is 1. The van der Waals surface area contributed by atoms with Crippen molar-refractivity contribution < 1.29 is 4.74 Å². The molecule has 0 aliphatic heterocycles. The molecule has 0 atom stereocenters. The number of aromatic nitrogens is 1. The van der Waals surface area contributed by atoms with Gasteiger partial charge in [-0.05, 0) is 54.4 Å². The molecule has 0 spiro atoms. The number of halogens is 2. The normalized spacial score (nSPS) is 10.2. The molecule has 0 unspecified atom stereocenters. The first-order valence-corrected chi connectivity index (χ1v) is 9.11. The summed E-state index contributed by atoms with van der Waals surface area (Å²) >= 11 is 13.6. The lowest BCUT2D eigenvalue weighted by Crippen LogP contribution is -1.90. The number of nitrogens with one attached hydrogen (secondary N) is 1. The number of hydrogen-bond donors (Lipinski definition) is 1. The summed E-state index contributed by atoms with van der Waals surface area (Å²) in [4.78, 5) is 5.13. The fraction of sp³-hybridized carbons (Fsp3) is 0.0526. The second-order valence-electron chi connectivity index (χ2n) is 5.22. The van der Waals surface area contributed by atoms with Crippen LogP contribution in [0.15, 0.2) is 59.5 Å². The van der Waals surface area contributed by atoms with E-state index in [0.29, 0.717) is 16.3 Å². The summed E-state index contributed by atoms with van der Waals surface area (Å²) in [6, 6.07) is 18.7. The van der Waals surface area contributed by atoms with Crippen LogP contribution in [0.3, 0.4) is 0 Å². The molecule has 26 heavy (non-hydrogen) atoms. The van der Waals surface area contributed by atoms with Crippen molar-refractivity contribution in [3.05, 3.63) is 70.3 Å². The fourth-order valence-corrected chi connectivity index (χ4v) is 3.32. The van der Waals surface area contributed by atoms with Gasteiger partial charge in [-0.15, -0.1) is 0 Å². The molecule has 2 aromatic carbocycles. The van der Waals surface area contributed by atoms with Crippen molar-refractivity contribution in [2.75, 3.05) is 11.8 Å². The molecular weight excluding hydrogens is 389 g/mol. The van der Waals surface area contributed by atoms with Crippen molar-refractivity contribution in [2.45, 2.75) is 4.90 Å². The molecule has 130 valence electrons. The topological polar surface area (TPSA) is 57.9 Å². The molecule has 3 aromatic rings. The molecule has 1 N–H and O–H groups in total. The van der Waals surface area contributed by atoms with Gasteiger partial charge in [0, 0.05) is 11.3 Å². The lowest BCUT2D eigenvalue weighted by atomic mass is 10.1. The highest BCUT2D eigenvalue weighted by molar-refractivity contribution is 8.00. The van der Waals surface area contributed by atoms with Crippen LogP contribution in [0.1, 0.15) is 5.56 Å². The van der Waals surface area contributed by atoms with E-state index in [1.54, 1.807) is 25.3 Å². The van der Waals surface area contributed by atoms with E-state index >= 15 is 0 Å². The molecule has 0 aliphatic carbocycles. The first-order chi connectivity index (χ1) is 12.6. The number of hydrogen-bond acceptors (Lipinski definition) is 5. The number of pyridine rings is 1. The number of nitrogens with zero attached hydrogens (tertiary/aromatic N) is 2. The van der Waals surface area contributed by atoms with Crippen molar-refractivity contribution in [3.63, 3.8) is 0 Å². The van der Waals surface area contributed by atoms with Gasteiger partial charge >= 0.3 is 0 Å². The minimum absolute atomic E-state index is 0.204. The Morgan fingerprint density at radius 2 is 1.85 bits per heavy atom. The molecule has 1 heterocycles. The molecule has 0 saturated heterocycles. The van der Waals surface area contributed by atoms with Gasteiger partial charge in [0.25, 0.3) is 0 Å². The largest absolute Gasteiger partial charge is 0.497 e. The van der Waals surface area contributed by atoms with Gasteiger partial charge < -0.3 is 9.46 Å². The maximum absolute atomic E-state index is 8.92. The van der Waals surface area contributed by atoms with E-state index in [1.165, 1.54) is 11.9 Å². The third kappa shape index (κ3) is 4.23. The highest BCUT2D eigenvalue weighted by Crippen LogP contribution is 2.32. The molecule has 7 heteroatoms. The van der Waals surface area contributed by atoms with Crippen LogP contribution >= 0.6 is 35.1 Å². The van der Waals surface area contributed by atoms with Crippen LogP contribution in [0, 0.1) is 11.3 Å². The quantitative estimate of drug-likeness (QED) is 0.416. The maximum Gasteiger partial charge on any atom is 0.147 e. The minimum atomic E-state index is 0.204. The summed E-state index contributed by atoms with van der Waals surface area (Å²) in [7, 11) is 1.62. The SMILES string of the molecule is COc1ccc(Cl)c(SNc2ccc(-c3ccc(C#N)c(Cl)n3)cc2)c1. The van der Waals surface area contributed by atoms with E-state index in [2.05, 4.69) is 9.71 Å². The third-order valence-corrected chi connectivity index (χ3v) is 5.19. The van der Waals surface area contributed by atoms with Crippen LogP contribution in [0.4, 0.5) is 5.69 Å². The highest BCUT2D eigenvalue weighted by atomic mass is 35.5. The summed E-state index contributed by atoms with van der Waals surface area (Å²) in [6.45, 7) is 0. The van der Waals surface area contributed by atoms with Crippen molar-refractivity contribution in [1.82, 2.24) is 4.98 Å². The molecule has 0 saturated carbocycles. The molecular formula is C19H13Cl2N3OS. The monoisotopic (exact) mass is 401 g/mol. The second kappa shape index (κ2) is 8.33. The van der Waals surface area contributed by atoms with Crippen molar-refractivity contribution in [3.8, 4) is 23.1 Å². The van der Waals surface area contributed by atoms with Crippen LogP contribution in [0.25, 0.3) is 11.3 Å². The molecule has 0 amide bonds. The van der Waals surface area contributed by atoms with Gasteiger partial charge in [0.2, 0.25) is 0 Å². The molecule has 0 radical (unpaired) electrons. The molecule has 0 bridgehead atoms. The number of anilines is 1. The lowest BCUT2D eigenvalue weighted by Gasteiger charge is -2.09. The predicted octanol–water partition coefficient (Wildman–Crippen LogP) is 6.05. The standard InChI is InChI=1S/C19H13Cl2N3OS/c1-25-15-7-8-16(20)18(10-15)26-24-14-5-2-12(3-6-14)17-9-4-13(11-22)19(21)23-17/h2-10,24H,1H3. The fourth-order valence-electron chi connectivity index (χ4n) is 2.19. The Bertz CT molecular complexity index is 972. The van der Waals surface area contributed by atoms with Crippen molar-refractivity contribution >= 4 is 40.8 Å². The number of rotatable bonds is 5. The third-order valence-electron chi connectivity index (χ3n) is 3.57. The smallest absolute Gasteiger partial charge is 0.147 e. The summed E-state index contributed by atoms with van der Waals surface area (Å²) < 4.78 is 8.46. The van der Waals surface area contributed by atoms with Crippen LogP contribution < -0.4 is 9.46 Å². The van der Waals surface area contributed by atoms with E-state index in [9.17, 15) is 0 Å². The summed E-state index contributed by atoms with van der Waals surface area (Å²) in [5.41, 5.74) is 2.90. The second-order valence-corrected chi connectivity index (χ2v) is 6.84. The Labute approximate surface area is 165 Å². The Kier molecular flexibility index (Phi) is 5.89. The average Bonchev–Trinajstić information content (AvgIpc) is 2.67. The minimum Gasteiger partial charge on any atom is -0.497 e. The number of ether oxygens (including phenoxy) is 1. The zero-order valence-corrected chi connectivity index (χ0v) is 16.0. The molecule has 1 aromatic heterocycles.